The minimum Gasteiger partial charge on any atom is -0.396 e. The molecule has 2 heteroatoms. The summed E-state index contributed by atoms with van der Waals surface area (Å²) in [6.07, 6.45) is 10.1. The first-order chi connectivity index (χ1) is 7.76. The second-order valence-corrected chi connectivity index (χ2v) is 5.46. The molecule has 0 saturated heterocycles. The smallest absolute Gasteiger partial charge is 0.0436 e. The van der Waals surface area contributed by atoms with E-state index in [2.05, 4.69) is 19.2 Å². The van der Waals surface area contributed by atoms with E-state index in [1.165, 1.54) is 44.9 Å². The van der Waals surface area contributed by atoms with Crippen molar-refractivity contribution in [2.24, 2.45) is 5.41 Å². The molecule has 1 aliphatic carbocycles. The lowest BCUT2D eigenvalue weighted by Crippen LogP contribution is -2.44. The molecule has 2 nitrogen and oxygen atoms in total. The predicted molar refractivity (Wildman–Crippen MR) is 69.6 cm³/mol. The standard InChI is InChI=1S/C14H29NO/c1-3-5-7-13(4-2)15-12-14(10-11-16)8-6-9-14/h13,15-16H,3-12H2,1-2H3. The first kappa shape index (κ1) is 14.0. The third-order valence-corrected chi connectivity index (χ3v) is 4.22. The first-order valence-electron chi connectivity index (χ1n) is 7.10. The summed E-state index contributed by atoms with van der Waals surface area (Å²) < 4.78 is 0. The van der Waals surface area contributed by atoms with Crippen molar-refractivity contribution in [3.63, 3.8) is 0 Å². The van der Waals surface area contributed by atoms with Gasteiger partial charge >= 0.3 is 0 Å². The average molecular weight is 227 g/mol. The van der Waals surface area contributed by atoms with Crippen LogP contribution in [0.2, 0.25) is 0 Å². The number of unbranched alkanes of at least 4 members (excludes halogenated alkanes) is 1. The molecule has 1 rings (SSSR count). The lowest BCUT2D eigenvalue weighted by molar-refractivity contribution is 0.0819. The summed E-state index contributed by atoms with van der Waals surface area (Å²) in [6.45, 7) is 6.00. The molecule has 1 saturated carbocycles. The highest BCUT2D eigenvalue weighted by atomic mass is 16.3. The van der Waals surface area contributed by atoms with Gasteiger partial charge in [0.1, 0.15) is 0 Å². The third-order valence-electron chi connectivity index (χ3n) is 4.22. The van der Waals surface area contributed by atoms with Crippen LogP contribution in [-0.4, -0.2) is 24.3 Å². The summed E-state index contributed by atoms with van der Waals surface area (Å²) in [5, 5.41) is 12.8. The second kappa shape index (κ2) is 7.29. The van der Waals surface area contributed by atoms with Gasteiger partial charge in [-0.15, -0.1) is 0 Å². The van der Waals surface area contributed by atoms with Gasteiger partial charge in [-0.05, 0) is 37.5 Å². The Bertz CT molecular complexity index is 178. The van der Waals surface area contributed by atoms with Gasteiger partial charge in [-0.3, -0.25) is 0 Å². The molecule has 1 aliphatic rings. The maximum absolute atomic E-state index is 9.10. The Hall–Kier alpha value is -0.0800. The van der Waals surface area contributed by atoms with E-state index < -0.39 is 0 Å². The van der Waals surface area contributed by atoms with E-state index in [0.717, 1.165) is 13.0 Å². The Labute approximate surface area is 101 Å². The molecule has 1 unspecified atom stereocenters. The summed E-state index contributed by atoms with van der Waals surface area (Å²) in [7, 11) is 0. The van der Waals surface area contributed by atoms with Crippen molar-refractivity contribution < 1.29 is 5.11 Å². The van der Waals surface area contributed by atoms with Crippen LogP contribution in [0.5, 0.6) is 0 Å². The van der Waals surface area contributed by atoms with Crippen LogP contribution >= 0.6 is 0 Å². The van der Waals surface area contributed by atoms with Crippen LogP contribution in [0.15, 0.2) is 0 Å². The highest BCUT2D eigenvalue weighted by molar-refractivity contribution is 4.90. The summed E-state index contributed by atoms with van der Waals surface area (Å²) in [4.78, 5) is 0. The average Bonchev–Trinajstić information content (AvgIpc) is 2.25. The molecular weight excluding hydrogens is 198 g/mol. The van der Waals surface area contributed by atoms with E-state index >= 15 is 0 Å². The molecule has 0 aliphatic heterocycles. The molecule has 1 atom stereocenters. The first-order valence-corrected chi connectivity index (χ1v) is 7.10. The summed E-state index contributed by atoms with van der Waals surface area (Å²) in [5.41, 5.74) is 0.439. The van der Waals surface area contributed by atoms with Gasteiger partial charge in [-0.2, -0.15) is 0 Å². The summed E-state index contributed by atoms with van der Waals surface area (Å²) >= 11 is 0. The Morgan fingerprint density at radius 2 is 2.06 bits per heavy atom. The fraction of sp³-hybridized carbons (Fsp3) is 1.00. The number of aliphatic hydroxyl groups is 1. The number of rotatable bonds is 9. The summed E-state index contributed by atoms with van der Waals surface area (Å²) in [5.74, 6) is 0. The summed E-state index contributed by atoms with van der Waals surface area (Å²) in [6, 6.07) is 0.691. The van der Waals surface area contributed by atoms with Crippen LogP contribution in [-0.2, 0) is 0 Å². The number of nitrogens with one attached hydrogen (secondary N) is 1. The van der Waals surface area contributed by atoms with Crippen LogP contribution in [0.3, 0.4) is 0 Å². The Morgan fingerprint density at radius 3 is 2.50 bits per heavy atom. The third kappa shape index (κ3) is 4.06. The van der Waals surface area contributed by atoms with Crippen molar-refractivity contribution in [1.29, 1.82) is 0 Å². The van der Waals surface area contributed by atoms with Crippen LogP contribution < -0.4 is 5.32 Å². The maximum atomic E-state index is 9.10. The molecule has 1 fully saturated rings. The predicted octanol–water partition coefficient (Wildman–Crippen LogP) is 3.10. The van der Waals surface area contributed by atoms with Gasteiger partial charge < -0.3 is 10.4 Å². The topological polar surface area (TPSA) is 32.3 Å². The Balaban J connectivity index is 2.24. The Kier molecular flexibility index (Phi) is 6.37. The number of aliphatic hydroxyl groups excluding tert-OH is 1. The van der Waals surface area contributed by atoms with Crippen molar-refractivity contribution in [1.82, 2.24) is 5.32 Å². The molecule has 96 valence electrons. The fourth-order valence-electron chi connectivity index (χ4n) is 2.69. The maximum Gasteiger partial charge on any atom is 0.0436 e. The molecule has 0 bridgehead atoms. The van der Waals surface area contributed by atoms with E-state index in [-0.39, 0.29) is 0 Å². The highest BCUT2D eigenvalue weighted by Crippen LogP contribution is 2.43. The fourth-order valence-corrected chi connectivity index (χ4v) is 2.69. The van der Waals surface area contributed by atoms with Gasteiger partial charge in [0.05, 0.1) is 0 Å². The minimum absolute atomic E-state index is 0.355. The van der Waals surface area contributed by atoms with Crippen molar-refractivity contribution in [2.75, 3.05) is 13.2 Å². The normalized spacial score (nSPS) is 20.4. The number of hydrogen-bond donors (Lipinski definition) is 2. The molecule has 16 heavy (non-hydrogen) atoms. The molecule has 0 aromatic heterocycles. The highest BCUT2D eigenvalue weighted by Gasteiger charge is 2.36. The largest absolute Gasteiger partial charge is 0.396 e. The molecule has 0 radical (unpaired) electrons. The van der Waals surface area contributed by atoms with Crippen molar-refractivity contribution in [3.05, 3.63) is 0 Å². The molecule has 0 aromatic carbocycles. The zero-order valence-electron chi connectivity index (χ0n) is 11.1. The van der Waals surface area contributed by atoms with Gasteiger partial charge in [-0.1, -0.05) is 33.1 Å². The van der Waals surface area contributed by atoms with Crippen LogP contribution in [0.1, 0.15) is 65.2 Å². The van der Waals surface area contributed by atoms with Gasteiger partial charge in [0.25, 0.3) is 0 Å². The van der Waals surface area contributed by atoms with Gasteiger partial charge in [0.2, 0.25) is 0 Å². The van der Waals surface area contributed by atoms with Crippen LogP contribution in [0.25, 0.3) is 0 Å². The zero-order chi connectivity index (χ0) is 11.9. The monoisotopic (exact) mass is 227 g/mol. The van der Waals surface area contributed by atoms with E-state index in [0.29, 0.717) is 18.1 Å². The number of hydrogen-bond acceptors (Lipinski definition) is 2. The van der Waals surface area contributed by atoms with E-state index in [1.807, 2.05) is 0 Å². The van der Waals surface area contributed by atoms with E-state index in [4.69, 9.17) is 5.11 Å². The molecule has 2 N–H and O–H groups in total. The van der Waals surface area contributed by atoms with Gasteiger partial charge in [-0.25, -0.2) is 0 Å². The zero-order valence-corrected chi connectivity index (χ0v) is 11.1. The van der Waals surface area contributed by atoms with Crippen molar-refractivity contribution >= 4 is 0 Å². The lowest BCUT2D eigenvalue weighted by Gasteiger charge is -2.43. The molecule has 0 aromatic rings. The van der Waals surface area contributed by atoms with Crippen molar-refractivity contribution in [3.8, 4) is 0 Å². The van der Waals surface area contributed by atoms with E-state index in [1.54, 1.807) is 0 Å². The van der Waals surface area contributed by atoms with Crippen LogP contribution in [0.4, 0.5) is 0 Å². The molecule has 0 amide bonds. The van der Waals surface area contributed by atoms with Gasteiger partial charge in [0, 0.05) is 19.2 Å². The lowest BCUT2D eigenvalue weighted by atomic mass is 9.66. The second-order valence-electron chi connectivity index (χ2n) is 5.46. The molecular formula is C14H29NO. The quantitative estimate of drug-likeness (QED) is 0.634. The van der Waals surface area contributed by atoms with Crippen molar-refractivity contribution in [2.45, 2.75) is 71.3 Å². The van der Waals surface area contributed by atoms with Crippen LogP contribution in [0, 0.1) is 5.41 Å². The molecule has 0 heterocycles. The van der Waals surface area contributed by atoms with E-state index in [9.17, 15) is 0 Å². The Morgan fingerprint density at radius 1 is 1.31 bits per heavy atom. The minimum atomic E-state index is 0.355. The molecule has 0 spiro atoms. The SMILES string of the molecule is CCCCC(CC)NCC1(CCO)CCC1. The van der Waals surface area contributed by atoms with Gasteiger partial charge in [0.15, 0.2) is 0 Å².